The lowest BCUT2D eigenvalue weighted by atomic mass is 10.4. The summed E-state index contributed by atoms with van der Waals surface area (Å²) in [5, 5.41) is 10.5. The molecule has 0 unspecified atom stereocenters. The maximum atomic E-state index is 10.5. The van der Waals surface area contributed by atoms with Crippen LogP contribution >= 0.6 is 11.6 Å². The van der Waals surface area contributed by atoms with Crippen LogP contribution in [0.2, 0.25) is 5.15 Å². The molecule has 0 saturated heterocycles. The van der Waals surface area contributed by atoms with Gasteiger partial charge in [-0.25, -0.2) is 4.98 Å². The van der Waals surface area contributed by atoms with E-state index in [1.54, 1.807) is 0 Å². The first-order chi connectivity index (χ1) is 7.13. The van der Waals surface area contributed by atoms with E-state index in [0.29, 0.717) is 6.42 Å². The number of hydrogen-bond donors (Lipinski definition) is 0. The van der Waals surface area contributed by atoms with Crippen LogP contribution in [0.1, 0.15) is 6.42 Å². The number of terminal acetylenes is 1. The van der Waals surface area contributed by atoms with Gasteiger partial charge in [-0.05, 0) is 0 Å². The van der Waals surface area contributed by atoms with E-state index in [9.17, 15) is 10.1 Å². The summed E-state index contributed by atoms with van der Waals surface area (Å²) >= 11 is 5.57. The van der Waals surface area contributed by atoms with Crippen molar-refractivity contribution in [2.45, 2.75) is 6.42 Å². The van der Waals surface area contributed by atoms with Crippen molar-refractivity contribution in [3.05, 3.63) is 27.4 Å². The Bertz CT molecular complexity index is 414. The minimum absolute atomic E-state index is 0.0138. The van der Waals surface area contributed by atoms with Crippen molar-refractivity contribution in [1.29, 1.82) is 0 Å². The van der Waals surface area contributed by atoms with Gasteiger partial charge in [-0.3, -0.25) is 10.1 Å². The van der Waals surface area contributed by atoms with Crippen molar-refractivity contribution in [3.63, 3.8) is 0 Å². The second-order valence-corrected chi connectivity index (χ2v) is 2.93. The van der Waals surface area contributed by atoms with Crippen LogP contribution in [0.25, 0.3) is 0 Å². The largest absolute Gasteiger partial charge is 0.476 e. The summed E-state index contributed by atoms with van der Waals surface area (Å²) in [6.07, 6.45) is 5.42. The van der Waals surface area contributed by atoms with Crippen molar-refractivity contribution >= 4 is 17.3 Å². The number of ether oxygens (including phenoxy) is 1. The van der Waals surface area contributed by atoms with Gasteiger partial charge in [-0.1, -0.05) is 11.6 Å². The zero-order valence-electron chi connectivity index (χ0n) is 7.64. The first-order valence-electron chi connectivity index (χ1n) is 4.01. The maximum Gasteiger partial charge on any atom is 0.277 e. The van der Waals surface area contributed by atoms with Gasteiger partial charge in [0.1, 0.15) is 11.8 Å². The molecule has 0 bridgehead atoms. The first kappa shape index (κ1) is 11.3. The first-order valence-corrected chi connectivity index (χ1v) is 4.39. The lowest BCUT2D eigenvalue weighted by Crippen LogP contribution is -1.99. The third-order valence-corrected chi connectivity index (χ3v) is 1.66. The SMILES string of the molecule is C#CCCOc1cc([N+](=O)[O-])cc(Cl)n1. The molecule has 0 aliphatic carbocycles. The van der Waals surface area contributed by atoms with Crippen LogP contribution in [0, 0.1) is 22.5 Å². The number of pyridine rings is 1. The quantitative estimate of drug-likeness (QED) is 0.259. The van der Waals surface area contributed by atoms with Crippen LogP contribution in [0.3, 0.4) is 0 Å². The van der Waals surface area contributed by atoms with E-state index in [-0.39, 0.29) is 23.3 Å². The highest BCUT2D eigenvalue weighted by atomic mass is 35.5. The normalized spacial score (nSPS) is 9.33. The van der Waals surface area contributed by atoms with E-state index in [2.05, 4.69) is 10.9 Å². The minimum atomic E-state index is -0.568. The van der Waals surface area contributed by atoms with Crippen LogP contribution in [-0.4, -0.2) is 16.5 Å². The van der Waals surface area contributed by atoms with E-state index < -0.39 is 4.92 Å². The Balaban J connectivity index is 2.80. The van der Waals surface area contributed by atoms with Gasteiger partial charge in [0.25, 0.3) is 5.69 Å². The molecule has 0 saturated carbocycles. The topological polar surface area (TPSA) is 65.3 Å². The molecular weight excluding hydrogens is 220 g/mol. The number of rotatable bonds is 4. The second-order valence-electron chi connectivity index (χ2n) is 2.55. The Morgan fingerprint density at radius 1 is 1.67 bits per heavy atom. The summed E-state index contributed by atoms with van der Waals surface area (Å²) in [6, 6.07) is 2.35. The fraction of sp³-hybridized carbons (Fsp3) is 0.222. The van der Waals surface area contributed by atoms with Gasteiger partial charge in [0, 0.05) is 6.42 Å². The summed E-state index contributed by atoms with van der Waals surface area (Å²) in [5.41, 5.74) is -0.161. The molecule has 1 rings (SSSR count). The van der Waals surface area contributed by atoms with Gasteiger partial charge in [-0.15, -0.1) is 12.3 Å². The molecule has 1 aromatic rings. The Labute approximate surface area is 91.2 Å². The Morgan fingerprint density at radius 3 is 3.00 bits per heavy atom. The van der Waals surface area contributed by atoms with E-state index in [0.717, 1.165) is 6.07 Å². The van der Waals surface area contributed by atoms with Crippen LogP contribution in [0.5, 0.6) is 5.88 Å². The maximum absolute atomic E-state index is 10.5. The summed E-state index contributed by atoms with van der Waals surface area (Å²) in [7, 11) is 0. The monoisotopic (exact) mass is 226 g/mol. The van der Waals surface area contributed by atoms with Crippen molar-refractivity contribution in [1.82, 2.24) is 4.98 Å². The van der Waals surface area contributed by atoms with Gasteiger partial charge in [0.2, 0.25) is 5.88 Å². The molecule has 0 N–H and O–H groups in total. The molecule has 0 aliphatic heterocycles. The fourth-order valence-corrected chi connectivity index (χ4v) is 1.05. The smallest absolute Gasteiger partial charge is 0.277 e. The molecule has 0 radical (unpaired) electrons. The standard InChI is InChI=1S/C9H7ClN2O3/c1-2-3-4-15-9-6-7(12(13)14)5-8(10)11-9/h1,5-6H,3-4H2. The predicted octanol–water partition coefficient (Wildman–Crippen LogP) is 2.05. The third-order valence-electron chi connectivity index (χ3n) is 1.46. The lowest BCUT2D eigenvalue weighted by Gasteiger charge is -2.02. The Hall–Kier alpha value is -1.80. The number of nitro groups is 1. The molecule has 0 aromatic carbocycles. The van der Waals surface area contributed by atoms with Crippen LogP contribution in [-0.2, 0) is 0 Å². The van der Waals surface area contributed by atoms with Crippen molar-refractivity contribution in [3.8, 4) is 18.2 Å². The highest BCUT2D eigenvalue weighted by Crippen LogP contribution is 2.21. The lowest BCUT2D eigenvalue weighted by molar-refractivity contribution is -0.385. The van der Waals surface area contributed by atoms with Crippen molar-refractivity contribution < 1.29 is 9.66 Å². The van der Waals surface area contributed by atoms with Crippen molar-refractivity contribution in [2.75, 3.05) is 6.61 Å². The van der Waals surface area contributed by atoms with E-state index >= 15 is 0 Å². The fourth-order valence-electron chi connectivity index (χ4n) is 0.854. The van der Waals surface area contributed by atoms with Crippen molar-refractivity contribution in [2.24, 2.45) is 0 Å². The number of nitrogens with zero attached hydrogens (tertiary/aromatic N) is 2. The zero-order valence-corrected chi connectivity index (χ0v) is 8.40. The molecule has 1 aromatic heterocycles. The molecule has 0 aliphatic rings. The van der Waals surface area contributed by atoms with Gasteiger partial charge in [0.05, 0.1) is 17.1 Å². The molecule has 15 heavy (non-hydrogen) atoms. The molecule has 0 fully saturated rings. The molecule has 0 amide bonds. The van der Waals surface area contributed by atoms with Gasteiger partial charge >= 0.3 is 0 Å². The predicted molar refractivity (Wildman–Crippen MR) is 54.8 cm³/mol. The van der Waals surface area contributed by atoms with Crippen LogP contribution in [0.15, 0.2) is 12.1 Å². The zero-order chi connectivity index (χ0) is 11.3. The summed E-state index contributed by atoms with van der Waals surface area (Å²) in [5.74, 6) is 2.47. The van der Waals surface area contributed by atoms with E-state index in [1.807, 2.05) is 0 Å². The Morgan fingerprint density at radius 2 is 2.40 bits per heavy atom. The molecule has 78 valence electrons. The summed E-state index contributed by atoms with van der Waals surface area (Å²) < 4.78 is 5.08. The second kappa shape index (κ2) is 5.17. The molecule has 5 nitrogen and oxygen atoms in total. The highest BCUT2D eigenvalue weighted by molar-refractivity contribution is 6.29. The molecule has 6 heteroatoms. The van der Waals surface area contributed by atoms with Gasteiger partial charge < -0.3 is 4.74 Å². The Kier molecular flexibility index (Phi) is 3.89. The van der Waals surface area contributed by atoms with E-state index in [4.69, 9.17) is 22.8 Å². The minimum Gasteiger partial charge on any atom is -0.476 e. The number of halogens is 1. The molecule has 1 heterocycles. The molecular formula is C9H7ClN2O3. The van der Waals surface area contributed by atoms with E-state index in [1.165, 1.54) is 6.07 Å². The molecule has 0 spiro atoms. The summed E-state index contributed by atoms with van der Waals surface area (Å²) in [6.45, 7) is 0.251. The van der Waals surface area contributed by atoms with Crippen LogP contribution < -0.4 is 4.74 Å². The molecule has 0 atom stereocenters. The third kappa shape index (κ3) is 3.44. The van der Waals surface area contributed by atoms with Crippen LogP contribution in [0.4, 0.5) is 5.69 Å². The number of aromatic nitrogens is 1. The summed E-state index contributed by atoms with van der Waals surface area (Å²) in [4.78, 5) is 13.7. The van der Waals surface area contributed by atoms with Gasteiger partial charge in [-0.2, -0.15) is 0 Å². The number of hydrogen-bond acceptors (Lipinski definition) is 4. The average Bonchev–Trinajstić information content (AvgIpc) is 2.17. The highest BCUT2D eigenvalue weighted by Gasteiger charge is 2.10. The average molecular weight is 227 g/mol. The van der Waals surface area contributed by atoms with Gasteiger partial charge in [0.15, 0.2) is 0 Å².